The third kappa shape index (κ3) is 4.40. The lowest BCUT2D eigenvalue weighted by atomic mass is 9.98. The summed E-state index contributed by atoms with van der Waals surface area (Å²) in [6.07, 6.45) is 1.64. The molecule has 3 rings (SSSR count). The molecule has 0 aliphatic heterocycles. The number of amides is 1. The van der Waals surface area contributed by atoms with Crippen LogP contribution < -0.4 is 4.90 Å². The maximum absolute atomic E-state index is 13.0. The topological polar surface area (TPSA) is 88.3 Å². The number of hydrogen-bond acceptors (Lipinski definition) is 5. The Labute approximate surface area is 171 Å². The summed E-state index contributed by atoms with van der Waals surface area (Å²) < 4.78 is 1.64. The van der Waals surface area contributed by atoms with Crippen molar-refractivity contribution in [1.82, 2.24) is 14.8 Å². The first kappa shape index (κ1) is 20.0. The number of carboxylic acids is 1. The number of rotatable bonds is 7. The predicted octanol–water partition coefficient (Wildman–Crippen LogP) is 3.49. The zero-order valence-electron chi connectivity index (χ0n) is 15.4. The van der Waals surface area contributed by atoms with E-state index in [-0.39, 0.29) is 18.7 Å². The largest absolute Gasteiger partial charge is 0.481 e. The van der Waals surface area contributed by atoms with E-state index in [1.165, 1.54) is 16.2 Å². The Balaban J connectivity index is 1.82. The van der Waals surface area contributed by atoms with Crippen LogP contribution in [0.3, 0.4) is 0 Å². The Morgan fingerprint density at radius 2 is 2.07 bits per heavy atom. The van der Waals surface area contributed by atoms with E-state index in [2.05, 4.69) is 10.1 Å². The average Bonchev–Trinajstić information content (AvgIpc) is 3.29. The lowest BCUT2D eigenvalue weighted by molar-refractivity contribution is -0.140. The predicted molar refractivity (Wildman–Crippen MR) is 109 cm³/mol. The Bertz CT molecular complexity index is 1000. The van der Waals surface area contributed by atoms with Gasteiger partial charge in [0, 0.05) is 48.4 Å². The van der Waals surface area contributed by atoms with Crippen molar-refractivity contribution in [2.45, 2.75) is 12.8 Å². The van der Waals surface area contributed by atoms with Crippen molar-refractivity contribution in [3.63, 3.8) is 0 Å². The van der Waals surface area contributed by atoms with Crippen molar-refractivity contribution in [2.75, 3.05) is 11.9 Å². The van der Waals surface area contributed by atoms with E-state index in [0.717, 1.165) is 11.3 Å². The molecule has 0 saturated carbocycles. The summed E-state index contributed by atoms with van der Waals surface area (Å²) in [6.45, 7) is 0. The highest BCUT2D eigenvalue weighted by Gasteiger charge is 2.28. The molecule has 1 atom stereocenters. The van der Waals surface area contributed by atoms with E-state index in [1.807, 2.05) is 23.6 Å². The molecule has 0 bridgehead atoms. The quantitative estimate of drug-likeness (QED) is 0.634. The molecule has 9 heteroatoms. The third-order valence-corrected chi connectivity index (χ3v) is 5.65. The van der Waals surface area contributed by atoms with Gasteiger partial charge in [0.1, 0.15) is 0 Å². The van der Waals surface area contributed by atoms with E-state index in [4.69, 9.17) is 11.6 Å². The molecule has 28 heavy (non-hydrogen) atoms. The Hall–Kier alpha value is -2.71. The van der Waals surface area contributed by atoms with Gasteiger partial charge in [0.15, 0.2) is 5.13 Å². The van der Waals surface area contributed by atoms with Crippen LogP contribution in [-0.2, 0) is 23.1 Å². The molecule has 0 fully saturated rings. The summed E-state index contributed by atoms with van der Waals surface area (Å²) in [6, 6.07) is 9.12. The number of nitrogens with zero attached hydrogens (tertiary/aromatic N) is 4. The number of carbonyl (C=O) groups excluding carboxylic acids is 1. The van der Waals surface area contributed by atoms with E-state index in [0.29, 0.717) is 15.8 Å². The van der Waals surface area contributed by atoms with Crippen molar-refractivity contribution in [2.24, 2.45) is 13.0 Å². The summed E-state index contributed by atoms with van der Waals surface area (Å²) in [5, 5.41) is 16.2. The number of aliphatic carboxylic acids is 1. The van der Waals surface area contributed by atoms with Gasteiger partial charge in [-0.25, -0.2) is 4.98 Å². The minimum Gasteiger partial charge on any atom is -0.481 e. The summed E-state index contributed by atoms with van der Waals surface area (Å²) >= 11 is 7.53. The fourth-order valence-corrected chi connectivity index (χ4v) is 3.92. The third-order valence-electron chi connectivity index (χ3n) is 4.41. The summed E-state index contributed by atoms with van der Waals surface area (Å²) in [7, 11) is 3.37. The monoisotopic (exact) mass is 418 g/mol. The summed E-state index contributed by atoms with van der Waals surface area (Å²) in [5.74, 6) is -2.04. The van der Waals surface area contributed by atoms with Crippen LogP contribution in [0.25, 0.3) is 11.3 Å². The van der Waals surface area contributed by atoms with Crippen LogP contribution in [0.5, 0.6) is 0 Å². The van der Waals surface area contributed by atoms with Gasteiger partial charge in [-0.15, -0.1) is 11.3 Å². The fourth-order valence-electron chi connectivity index (χ4n) is 2.89. The van der Waals surface area contributed by atoms with Crippen molar-refractivity contribution in [3.8, 4) is 11.3 Å². The van der Waals surface area contributed by atoms with E-state index in [9.17, 15) is 14.7 Å². The maximum Gasteiger partial charge on any atom is 0.304 e. The Kier molecular flexibility index (Phi) is 6.11. The number of benzene rings is 1. The normalized spacial score (nSPS) is 12.0. The van der Waals surface area contributed by atoms with Gasteiger partial charge in [0.2, 0.25) is 5.91 Å². The first-order valence-electron chi connectivity index (χ1n) is 8.53. The second kappa shape index (κ2) is 8.53. The minimum atomic E-state index is -1.02. The fraction of sp³-hybridized carbons (Fsp3) is 0.263. The average molecular weight is 419 g/mol. The van der Waals surface area contributed by atoms with E-state index < -0.39 is 11.9 Å². The molecule has 0 aliphatic rings. The van der Waals surface area contributed by atoms with Crippen LogP contribution in [0, 0.1) is 5.92 Å². The molecule has 0 saturated heterocycles. The van der Waals surface area contributed by atoms with Crippen LogP contribution in [0.4, 0.5) is 5.13 Å². The molecule has 1 aromatic carbocycles. The number of carbonyl (C=O) groups is 2. The minimum absolute atomic E-state index is 0.267. The standard InChI is InChI=1S/C19H19ClN4O3S/c1-23(19-22-16(11-28-19)14-5-3-4-6-15(14)20)18(27)12(10-17(25)26)9-13-7-8-21-24(13)2/h3-8,11-12H,9-10H2,1-2H3,(H,25,26). The molecule has 1 N–H and O–H groups in total. The van der Waals surface area contributed by atoms with Gasteiger partial charge in [-0.1, -0.05) is 29.8 Å². The molecule has 0 aliphatic carbocycles. The number of aryl methyl sites for hydroxylation is 1. The smallest absolute Gasteiger partial charge is 0.304 e. The molecule has 0 radical (unpaired) electrons. The molecule has 2 heterocycles. The van der Waals surface area contributed by atoms with Gasteiger partial charge in [0.05, 0.1) is 18.0 Å². The highest BCUT2D eigenvalue weighted by Crippen LogP contribution is 2.32. The Morgan fingerprint density at radius 3 is 2.71 bits per heavy atom. The second-order valence-corrected chi connectivity index (χ2v) is 7.58. The number of hydrogen-bond donors (Lipinski definition) is 1. The molecule has 1 unspecified atom stereocenters. The van der Waals surface area contributed by atoms with E-state index in [1.54, 1.807) is 37.1 Å². The van der Waals surface area contributed by atoms with Crippen molar-refractivity contribution in [1.29, 1.82) is 0 Å². The van der Waals surface area contributed by atoms with Crippen LogP contribution in [0.1, 0.15) is 12.1 Å². The number of thiazole rings is 1. The lowest BCUT2D eigenvalue weighted by Gasteiger charge is -2.21. The first-order chi connectivity index (χ1) is 13.4. The van der Waals surface area contributed by atoms with Gasteiger partial charge in [-0.05, 0) is 12.1 Å². The van der Waals surface area contributed by atoms with Gasteiger partial charge in [-0.2, -0.15) is 5.10 Å². The van der Waals surface area contributed by atoms with Gasteiger partial charge >= 0.3 is 5.97 Å². The van der Waals surface area contributed by atoms with Crippen molar-refractivity contribution in [3.05, 3.63) is 52.6 Å². The SMILES string of the molecule is CN(C(=O)C(CC(=O)O)Cc1ccnn1C)c1nc(-c2ccccc2Cl)cs1. The lowest BCUT2D eigenvalue weighted by Crippen LogP contribution is -2.35. The highest BCUT2D eigenvalue weighted by molar-refractivity contribution is 7.14. The zero-order valence-corrected chi connectivity index (χ0v) is 16.9. The first-order valence-corrected chi connectivity index (χ1v) is 9.79. The van der Waals surface area contributed by atoms with Crippen LogP contribution in [0.2, 0.25) is 5.02 Å². The van der Waals surface area contributed by atoms with Gasteiger partial charge in [-0.3, -0.25) is 19.2 Å². The summed E-state index contributed by atoms with van der Waals surface area (Å²) in [4.78, 5) is 30.2. The van der Waals surface area contributed by atoms with Crippen LogP contribution >= 0.6 is 22.9 Å². The van der Waals surface area contributed by atoms with Crippen LogP contribution in [0.15, 0.2) is 41.9 Å². The molecule has 2 aromatic heterocycles. The molecule has 1 amide bonds. The highest BCUT2D eigenvalue weighted by atomic mass is 35.5. The molecular formula is C19H19ClN4O3S. The number of aromatic nitrogens is 3. The van der Waals surface area contributed by atoms with Crippen molar-refractivity contribution >= 4 is 39.9 Å². The number of halogens is 1. The maximum atomic E-state index is 13.0. The second-order valence-electron chi connectivity index (χ2n) is 6.34. The van der Waals surface area contributed by atoms with E-state index >= 15 is 0 Å². The zero-order chi connectivity index (χ0) is 20.3. The Morgan fingerprint density at radius 1 is 1.32 bits per heavy atom. The molecule has 7 nitrogen and oxygen atoms in total. The van der Waals surface area contributed by atoms with Gasteiger partial charge in [0.25, 0.3) is 0 Å². The molecule has 146 valence electrons. The van der Waals surface area contributed by atoms with Crippen LogP contribution in [-0.4, -0.2) is 38.8 Å². The van der Waals surface area contributed by atoms with Crippen molar-refractivity contribution < 1.29 is 14.7 Å². The number of carboxylic acid groups (broad SMARTS) is 1. The molecule has 0 spiro atoms. The molecular weight excluding hydrogens is 400 g/mol. The summed E-state index contributed by atoms with van der Waals surface area (Å²) in [5.41, 5.74) is 2.25. The number of anilines is 1. The molecule has 3 aromatic rings. The van der Waals surface area contributed by atoms with Gasteiger partial charge < -0.3 is 5.11 Å².